The lowest BCUT2D eigenvalue weighted by Gasteiger charge is -2.30. The van der Waals surface area contributed by atoms with Gasteiger partial charge in [0.05, 0.1) is 0 Å². The van der Waals surface area contributed by atoms with Crippen molar-refractivity contribution < 1.29 is 4.79 Å². The second kappa shape index (κ2) is 7.32. The molecule has 0 saturated heterocycles. The Kier molecular flexibility index (Phi) is 4.96. The van der Waals surface area contributed by atoms with Crippen LogP contribution in [0, 0.1) is 0 Å². The maximum atomic E-state index is 12.4. The molecule has 120 valence electrons. The number of amides is 2. The first kappa shape index (κ1) is 15.6. The maximum Gasteiger partial charge on any atom is 0.317 e. The molecular formula is C20H24N2O. The van der Waals surface area contributed by atoms with E-state index in [-0.39, 0.29) is 12.1 Å². The van der Waals surface area contributed by atoms with Gasteiger partial charge in [0.1, 0.15) is 0 Å². The quantitative estimate of drug-likeness (QED) is 0.916. The van der Waals surface area contributed by atoms with Crippen LogP contribution in [0.3, 0.4) is 0 Å². The molecule has 0 spiro atoms. The minimum Gasteiger partial charge on any atom is -0.336 e. The number of aryl methyl sites for hydroxylation is 1. The first-order valence-electron chi connectivity index (χ1n) is 8.38. The second-order valence-electron chi connectivity index (χ2n) is 6.32. The fourth-order valence-corrected chi connectivity index (χ4v) is 3.07. The van der Waals surface area contributed by atoms with Gasteiger partial charge in [-0.3, -0.25) is 0 Å². The number of carbonyl (C=O) groups is 1. The van der Waals surface area contributed by atoms with Crippen LogP contribution in [0.1, 0.15) is 30.0 Å². The van der Waals surface area contributed by atoms with E-state index in [2.05, 4.69) is 54.7 Å². The predicted molar refractivity (Wildman–Crippen MR) is 93.3 cm³/mol. The Bertz CT molecular complexity index is 654. The molecule has 1 atom stereocenters. The molecule has 0 aliphatic carbocycles. The van der Waals surface area contributed by atoms with E-state index in [0.29, 0.717) is 6.54 Å². The first-order valence-corrected chi connectivity index (χ1v) is 8.38. The average molecular weight is 308 g/mol. The van der Waals surface area contributed by atoms with Gasteiger partial charge in [0.25, 0.3) is 0 Å². The Labute approximate surface area is 138 Å². The van der Waals surface area contributed by atoms with Crippen molar-refractivity contribution in [2.24, 2.45) is 0 Å². The number of benzene rings is 2. The van der Waals surface area contributed by atoms with E-state index >= 15 is 0 Å². The molecule has 0 radical (unpaired) electrons. The summed E-state index contributed by atoms with van der Waals surface area (Å²) >= 11 is 0. The number of rotatable bonds is 4. The van der Waals surface area contributed by atoms with E-state index < -0.39 is 0 Å². The summed E-state index contributed by atoms with van der Waals surface area (Å²) in [5.74, 6) is 0. The van der Waals surface area contributed by atoms with Crippen LogP contribution in [-0.2, 0) is 19.4 Å². The van der Waals surface area contributed by atoms with E-state index in [4.69, 9.17) is 0 Å². The van der Waals surface area contributed by atoms with Gasteiger partial charge in [-0.1, -0.05) is 54.6 Å². The van der Waals surface area contributed by atoms with Gasteiger partial charge in [0, 0.05) is 19.1 Å². The van der Waals surface area contributed by atoms with Gasteiger partial charge in [-0.15, -0.1) is 0 Å². The fourth-order valence-electron chi connectivity index (χ4n) is 3.07. The highest BCUT2D eigenvalue weighted by Crippen LogP contribution is 2.18. The lowest BCUT2D eigenvalue weighted by atomic mass is 10.0. The summed E-state index contributed by atoms with van der Waals surface area (Å²) in [6.45, 7) is 3.60. The number of fused-ring (bicyclic) bond motifs is 1. The van der Waals surface area contributed by atoms with Gasteiger partial charge >= 0.3 is 6.03 Å². The molecule has 2 amide bonds. The normalized spacial score (nSPS) is 14.9. The maximum absolute atomic E-state index is 12.4. The first-order chi connectivity index (χ1) is 11.2. The molecule has 1 N–H and O–H groups in total. The smallest absolute Gasteiger partial charge is 0.317 e. The lowest BCUT2D eigenvalue weighted by Crippen LogP contribution is -2.45. The van der Waals surface area contributed by atoms with Crippen molar-refractivity contribution >= 4 is 6.03 Å². The van der Waals surface area contributed by atoms with Crippen molar-refractivity contribution in [2.75, 3.05) is 6.54 Å². The van der Waals surface area contributed by atoms with E-state index in [1.54, 1.807) is 0 Å². The van der Waals surface area contributed by atoms with E-state index in [1.165, 1.54) is 16.7 Å². The summed E-state index contributed by atoms with van der Waals surface area (Å²) in [4.78, 5) is 14.4. The van der Waals surface area contributed by atoms with Gasteiger partial charge in [-0.2, -0.15) is 0 Å². The van der Waals surface area contributed by atoms with E-state index in [9.17, 15) is 4.79 Å². The SMILES string of the molecule is C[C@H](CCc1ccccc1)NC(=O)N1CCc2ccccc2C1. The molecule has 2 aromatic carbocycles. The Morgan fingerprint density at radius 1 is 1.09 bits per heavy atom. The monoisotopic (exact) mass is 308 g/mol. The predicted octanol–water partition coefficient (Wildman–Crippen LogP) is 3.78. The molecule has 1 aliphatic heterocycles. The zero-order valence-electron chi connectivity index (χ0n) is 13.7. The molecule has 1 heterocycles. The van der Waals surface area contributed by atoms with Crippen LogP contribution in [0.25, 0.3) is 0 Å². The Balaban J connectivity index is 1.49. The third kappa shape index (κ3) is 4.13. The van der Waals surface area contributed by atoms with Gasteiger partial charge in [0.15, 0.2) is 0 Å². The summed E-state index contributed by atoms with van der Waals surface area (Å²) in [6.07, 6.45) is 2.90. The number of hydrogen-bond acceptors (Lipinski definition) is 1. The highest BCUT2D eigenvalue weighted by Gasteiger charge is 2.21. The fraction of sp³-hybridized carbons (Fsp3) is 0.350. The third-order valence-electron chi connectivity index (χ3n) is 4.50. The van der Waals surface area contributed by atoms with Gasteiger partial charge in [-0.05, 0) is 42.9 Å². The number of nitrogens with one attached hydrogen (secondary N) is 1. The molecular weight excluding hydrogens is 284 g/mol. The van der Waals surface area contributed by atoms with Crippen LogP contribution in [0.2, 0.25) is 0 Å². The van der Waals surface area contributed by atoms with Crippen molar-refractivity contribution in [2.45, 2.75) is 38.8 Å². The third-order valence-corrected chi connectivity index (χ3v) is 4.50. The Hall–Kier alpha value is -2.29. The van der Waals surface area contributed by atoms with Gasteiger partial charge < -0.3 is 10.2 Å². The molecule has 3 nitrogen and oxygen atoms in total. The largest absolute Gasteiger partial charge is 0.336 e. The van der Waals surface area contributed by atoms with Gasteiger partial charge in [0.2, 0.25) is 0 Å². The minimum atomic E-state index is 0.0556. The molecule has 2 aromatic rings. The lowest BCUT2D eigenvalue weighted by molar-refractivity contribution is 0.188. The molecule has 1 aliphatic rings. The van der Waals surface area contributed by atoms with E-state index in [0.717, 1.165) is 25.8 Å². The summed E-state index contributed by atoms with van der Waals surface area (Å²) in [7, 11) is 0. The average Bonchev–Trinajstić information content (AvgIpc) is 2.60. The summed E-state index contributed by atoms with van der Waals surface area (Å²) < 4.78 is 0. The van der Waals surface area contributed by atoms with Gasteiger partial charge in [-0.25, -0.2) is 4.79 Å². The van der Waals surface area contributed by atoms with Crippen LogP contribution in [0.4, 0.5) is 4.79 Å². The summed E-state index contributed by atoms with van der Waals surface area (Å²) in [6, 6.07) is 19.0. The van der Waals surface area contributed by atoms with E-state index in [1.807, 2.05) is 17.0 Å². The number of urea groups is 1. The minimum absolute atomic E-state index is 0.0556. The van der Waals surface area contributed by atoms with Crippen LogP contribution in [-0.4, -0.2) is 23.5 Å². The highest BCUT2D eigenvalue weighted by molar-refractivity contribution is 5.74. The molecule has 0 unspecified atom stereocenters. The Morgan fingerprint density at radius 3 is 2.57 bits per heavy atom. The summed E-state index contributed by atoms with van der Waals surface area (Å²) in [5, 5.41) is 3.14. The molecule has 0 fully saturated rings. The molecule has 3 rings (SSSR count). The van der Waals surface area contributed by atoms with Crippen LogP contribution >= 0.6 is 0 Å². The molecule has 23 heavy (non-hydrogen) atoms. The standard InChI is InChI=1S/C20H24N2O/c1-16(11-12-17-7-3-2-4-8-17)21-20(23)22-14-13-18-9-5-6-10-19(18)15-22/h2-10,16H,11-15H2,1H3,(H,21,23)/t16-/m1/s1. The molecule has 0 bridgehead atoms. The van der Waals surface area contributed by atoms with Crippen LogP contribution in [0.15, 0.2) is 54.6 Å². The van der Waals surface area contributed by atoms with Crippen molar-refractivity contribution in [3.8, 4) is 0 Å². The van der Waals surface area contributed by atoms with Crippen LogP contribution in [0.5, 0.6) is 0 Å². The van der Waals surface area contributed by atoms with Crippen molar-refractivity contribution in [1.82, 2.24) is 10.2 Å². The van der Waals surface area contributed by atoms with Crippen molar-refractivity contribution in [3.05, 3.63) is 71.3 Å². The molecule has 0 saturated carbocycles. The van der Waals surface area contributed by atoms with Crippen molar-refractivity contribution in [1.29, 1.82) is 0 Å². The number of hydrogen-bond donors (Lipinski definition) is 1. The molecule has 0 aromatic heterocycles. The zero-order valence-corrected chi connectivity index (χ0v) is 13.7. The highest BCUT2D eigenvalue weighted by atomic mass is 16.2. The number of carbonyl (C=O) groups excluding carboxylic acids is 1. The zero-order chi connectivity index (χ0) is 16.1. The number of nitrogens with zero attached hydrogens (tertiary/aromatic N) is 1. The van der Waals surface area contributed by atoms with Crippen LogP contribution < -0.4 is 5.32 Å². The molecule has 3 heteroatoms. The summed E-state index contributed by atoms with van der Waals surface area (Å²) in [5.41, 5.74) is 3.96. The Morgan fingerprint density at radius 2 is 1.78 bits per heavy atom. The topological polar surface area (TPSA) is 32.3 Å². The second-order valence-corrected chi connectivity index (χ2v) is 6.32. The van der Waals surface area contributed by atoms with Crippen molar-refractivity contribution in [3.63, 3.8) is 0 Å².